The molecular formula is C17H20BrNO. The van der Waals surface area contributed by atoms with Gasteiger partial charge in [0.15, 0.2) is 12.4 Å². The van der Waals surface area contributed by atoms with Crippen LogP contribution in [-0.4, -0.2) is 5.48 Å². The fraction of sp³-hybridized carbons (Fsp3) is 0.235. The van der Waals surface area contributed by atoms with Crippen molar-refractivity contribution in [3.05, 3.63) is 60.4 Å². The molecule has 3 aromatic rings. The van der Waals surface area contributed by atoms with E-state index >= 15 is 0 Å². The number of halogens is 1. The van der Waals surface area contributed by atoms with Crippen molar-refractivity contribution in [1.82, 2.24) is 0 Å². The van der Waals surface area contributed by atoms with Gasteiger partial charge in [0.2, 0.25) is 5.52 Å². The third-order valence-electron chi connectivity index (χ3n) is 3.46. The van der Waals surface area contributed by atoms with Crippen molar-refractivity contribution in [3.8, 4) is 0 Å². The molecule has 3 rings (SSSR count). The maximum absolute atomic E-state index is 2.31. The molecular weight excluding hydrogens is 314 g/mol. The summed E-state index contributed by atoms with van der Waals surface area (Å²) < 4.78 is 2.17. The van der Waals surface area contributed by atoms with E-state index < -0.39 is 0 Å². The molecule has 0 aliphatic heterocycles. The number of benzene rings is 1. The summed E-state index contributed by atoms with van der Waals surface area (Å²) in [5.41, 5.74) is 2.82. The van der Waals surface area contributed by atoms with Gasteiger partial charge in [-0.15, -0.1) is 0 Å². The van der Waals surface area contributed by atoms with Gasteiger partial charge in [0.25, 0.3) is 0 Å². The minimum Gasteiger partial charge on any atom is -1.00 e. The number of fused-ring (bicyclic) bond motifs is 2. The molecule has 0 amide bonds. The Morgan fingerprint density at radius 3 is 2.35 bits per heavy atom. The summed E-state index contributed by atoms with van der Waals surface area (Å²) in [4.78, 5) is 0. The zero-order valence-corrected chi connectivity index (χ0v) is 13.6. The fourth-order valence-electron chi connectivity index (χ4n) is 2.30. The van der Waals surface area contributed by atoms with Gasteiger partial charge in [0.05, 0.1) is 0 Å². The van der Waals surface area contributed by atoms with E-state index in [1.807, 2.05) is 0 Å². The number of nitrogens with zero attached hydrogens (tertiary/aromatic N) is 1. The van der Waals surface area contributed by atoms with Crippen molar-refractivity contribution in [2.45, 2.75) is 26.2 Å². The maximum atomic E-state index is 2.31. The lowest BCUT2D eigenvalue weighted by atomic mass is 9.86. The second-order valence-corrected chi connectivity index (χ2v) is 5.90. The van der Waals surface area contributed by atoms with Gasteiger partial charge < -0.3 is 22.5 Å². The zero-order valence-electron chi connectivity index (χ0n) is 12.0. The van der Waals surface area contributed by atoms with Crippen LogP contribution in [-0.2, 0) is 5.41 Å². The highest BCUT2D eigenvalue weighted by Crippen LogP contribution is 2.25. The molecule has 2 N–H and O–H groups in total. The van der Waals surface area contributed by atoms with Crippen molar-refractivity contribution in [3.63, 3.8) is 0 Å². The van der Waals surface area contributed by atoms with Gasteiger partial charge in [-0.3, -0.25) is 0 Å². The molecule has 2 nitrogen and oxygen atoms in total. The van der Waals surface area contributed by atoms with E-state index in [4.69, 9.17) is 0 Å². The average Bonchev–Trinajstić information content (AvgIpc) is 2.34. The van der Waals surface area contributed by atoms with Crippen molar-refractivity contribution < 1.29 is 26.9 Å². The molecule has 0 atom stereocenters. The summed E-state index contributed by atoms with van der Waals surface area (Å²) in [6.07, 6.45) is 4.28. The van der Waals surface area contributed by atoms with Crippen LogP contribution in [0.3, 0.4) is 0 Å². The van der Waals surface area contributed by atoms with Crippen LogP contribution < -0.4 is 21.4 Å². The smallest absolute Gasteiger partial charge is 0.211 e. The number of pyridine rings is 2. The SMILES string of the molecule is CC(C)(C)c1ccc2c[n+]3ccccc3cc2c1.O.[Br-]. The van der Waals surface area contributed by atoms with E-state index in [2.05, 4.69) is 80.0 Å². The van der Waals surface area contributed by atoms with Crippen LogP contribution in [0, 0.1) is 0 Å². The molecule has 1 aromatic carbocycles. The van der Waals surface area contributed by atoms with E-state index in [9.17, 15) is 0 Å². The predicted octanol–water partition coefficient (Wildman–Crippen LogP) is 0.0553. The molecule has 0 radical (unpaired) electrons. The quantitative estimate of drug-likeness (QED) is 0.412. The fourth-order valence-corrected chi connectivity index (χ4v) is 2.30. The topological polar surface area (TPSA) is 35.6 Å². The zero-order chi connectivity index (χ0) is 12.8. The van der Waals surface area contributed by atoms with E-state index in [0.29, 0.717) is 0 Å². The number of hydrogen-bond donors (Lipinski definition) is 0. The minimum absolute atomic E-state index is 0. The molecule has 0 aliphatic carbocycles. The molecule has 2 aromatic heterocycles. The van der Waals surface area contributed by atoms with Crippen LogP contribution in [0.15, 0.2) is 54.9 Å². The largest absolute Gasteiger partial charge is 1.00 e. The normalized spacial score (nSPS) is 10.9. The molecule has 0 aliphatic rings. The Morgan fingerprint density at radius 2 is 1.65 bits per heavy atom. The summed E-state index contributed by atoms with van der Waals surface area (Å²) in [7, 11) is 0. The first kappa shape index (κ1) is 16.6. The van der Waals surface area contributed by atoms with E-state index in [1.165, 1.54) is 21.9 Å². The van der Waals surface area contributed by atoms with Gasteiger partial charge >= 0.3 is 0 Å². The van der Waals surface area contributed by atoms with Gasteiger partial charge in [-0.25, -0.2) is 0 Å². The molecule has 3 heteroatoms. The summed E-state index contributed by atoms with van der Waals surface area (Å²) in [5, 5.41) is 2.60. The Hall–Kier alpha value is -1.45. The molecule has 0 spiro atoms. The van der Waals surface area contributed by atoms with Crippen LogP contribution in [0.4, 0.5) is 0 Å². The molecule has 2 heterocycles. The van der Waals surface area contributed by atoms with Gasteiger partial charge in [-0.2, -0.15) is 4.40 Å². The highest BCUT2D eigenvalue weighted by Gasteiger charge is 2.14. The van der Waals surface area contributed by atoms with Crippen LogP contribution in [0.25, 0.3) is 16.3 Å². The third kappa shape index (κ3) is 3.00. The molecule has 106 valence electrons. The summed E-state index contributed by atoms with van der Waals surface area (Å²) in [5.74, 6) is 0. The Bertz CT molecular complexity index is 732. The molecule has 0 saturated heterocycles. The lowest BCUT2D eigenvalue weighted by molar-refractivity contribution is -0.510. The van der Waals surface area contributed by atoms with Crippen molar-refractivity contribution in [1.29, 1.82) is 0 Å². The molecule has 0 saturated carbocycles. The Balaban J connectivity index is 0.000001000. The first-order chi connectivity index (χ1) is 8.54. The summed E-state index contributed by atoms with van der Waals surface area (Å²) >= 11 is 0. The van der Waals surface area contributed by atoms with Gasteiger partial charge in [0, 0.05) is 23.6 Å². The summed E-state index contributed by atoms with van der Waals surface area (Å²) in [6.45, 7) is 6.76. The number of rotatable bonds is 0. The lowest BCUT2D eigenvalue weighted by Crippen LogP contribution is -3.00. The van der Waals surface area contributed by atoms with Crippen molar-refractivity contribution in [2.75, 3.05) is 0 Å². The maximum Gasteiger partial charge on any atom is 0.211 e. The van der Waals surface area contributed by atoms with E-state index in [0.717, 1.165) is 0 Å². The predicted molar refractivity (Wildman–Crippen MR) is 79.4 cm³/mol. The van der Waals surface area contributed by atoms with Gasteiger partial charge in [0.1, 0.15) is 0 Å². The van der Waals surface area contributed by atoms with Crippen LogP contribution >= 0.6 is 0 Å². The standard InChI is InChI=1S/C17H18N.BrH.H2O/c1-17(2,3)15-8-7-13-12-18-9-5-4-6-16(18)11-14(13)10-15;;/h4-12H,1-3H3;1H;1H2/q+1;;/p-1. The Labute approximate surface area is 130 Å². The highest BCUT2D eigenvalue weighted by molar-refractivity contribution is 5.84. The molecule has 20 heavy (non-hydrogen) atoms. The van der Waals surface area contributed by atoms with Crippen molar-refractivity contribution in [2.24, 2.45) is 0 Å². The highest BCUT2D eigenvalue weighted by atomic mass is 79.9. The van der Waals surface area contributed by atoms with Crippen LogP contribution in [0.1, 0.15) is 26.3 Å². The van der Waals surface area contributed by atoms with Crippen molar-refractivity contribution >= 4 is 16.3 Å². The third-order valence-corrected chi connectivity index (χ3v) is 3.46. The van der Waals surface area contributed by atoms with Crippen LogP contribution in [0.2, 0.25) is 0 Å². The van der Waals surface area contributed by atoms with Gasteiger partial charge in [-0.05, 0) is 28.5 Å². The molecule has 0 unspecified atom stereocenters. The van der Waals surface area contributed by atoms with Crippen LogP contribution in [0.5, 0.6) is 0 Å². The van der Waals surface area contributed by atoms with Gasteiger partial charge in [-0.1, -0.05) is 32.9 Å². The lowest BCUT2D eigenvalue weighted by Gasteiger charge is -2.19. The number of hydrogen-bond acceptors (Lipinski definition) is 0. The molecule has 0 bridgehead atoms. The minimum atomic E-state index is 0. The average molecular weight is 334 g/mol. The first-order valence-corrected chi connectivity index (χ1v) is 6.38. The van der Waals surface area contributed by atoms with E-state index in [-0.39, 0.29) is 27.9 Å². The first-order valence-electron chi connectivity index (χ1n) is 6.38. The summed E-state index contributed by atoms with van der Waals surface area (Å²) in [6, 6.07) is 15.3. The Morgan fingerprint density at radius 1 is 0.900 bits per heavy atom. The second kappa shape index (κ2) is 5.90. The molecule has 0 fully saturated rings. The monoisotopic (exact) mass is 333 g/mol. The van der Waals surface area contributed by atoms with E-state index in [1.54, 1.807) is 0 Å². The second-order valence-electron chi connectivity index (χ2n) is 5.90. The number of aromatic nitrogens is 1. The Kier molecular flexibility index (Phi) is 4.90.